The predicted octanol–water partition coefficient (Wildman–Crippen LogP) is 5.21. The fraction of sp³-hybridized carbons (Fsp3) is 0.235. The fourth-order valence-electron chi connectivity index (χ4n) is 2.13. The van der Waals surface area contributed by atoms with E-state index in [9.17, 15) is 18.0 Å². The Kier molecular flexibility index (Phi) is 4.16. The van der Waals surface area contributed by atoms with E-state index < -0.39 is 11.7 Å². The zero-order valence-corrected chi connectivity index (χ0v) is 11.7. The van der Waals surface area contributed by atoms with Gasteiger partial charge in [-0.1, -0.05) is 56.3 Å². The Morgan fingerprint density at radius 3 is 2.05 bits per heavy atom. The summed E-state index contributed by atoms with van der Waals surface area (Å²) in [5.74, 6) is -0.163. The van der Waals surface area contributed by atoms with Gasteiger partial charge >= 0.3 is 6.18 Å². The molecular formula is C17H15F3O. The lowest BCUT2D eigenvalue weighted by Gasteiger charge is -2.13. The van der Waals surface area contributed by atoms with Crippen molar-refractivity contribution in [1.82, 2.24) is 0 Å². The van der Waals surface area contributed by atoms with E-state index in [1.165, 1.54) is 12.1 Å². The van der Waals surface area contributed by atoms with Crippen LogP contribution in [0, 0.1) is 5.92 Å². The first kappa shape index (κ1) is 15.3. The third kappa shape index (κ3) is 3.32. The van der Waals surface area contributed by atoms with Gasteiger partial charge in [0.1, 0.15) is 0 Å². The number of hydrogen-bond donors (Lipinski definition) is 0. The lowest BCUT2D eigenvalue weighted by Crippen LogP contribution is -2.08. The molecule has 0 N–H and O–H groups in total. The minimum absolute atomic E-state index is 0.0225. The normalized spacial score (nSPS) is 11.7. The van der Waals surface area contributed by atoms with Gasteiger partial charge in [0.15, 0.2) is 5.78 Å². The molecule has 21 heavy (non-hydrogen) atoms. The van der Waals surface area contributed by atoms with Crippen LogP contribution in [0.3, 0.4) is 0 Å². The molecule has 0 amide bonds. The van der Waals surface area contributed by atoms with E-state index in [1.54, 1.807) is 44.2 Å². The molecule has 0 atom stereocenters. The maximum Gasteiger partial charge on any atom is 0.417 e. The van der Waals surface area contributed by atoms with Crippen molar-refractivity contribution in [2.75, 3.05) is 0 Å². The van der Waals surface area contributed by atoms with Gasteiger partial charge in [-0.3, -0.25) is 4.79 Å². The molecule has 0 unspecified atom stereocenters. The molecule has 0 aliphatic heterocycles. The van der Waals surface area contributed by atoms with E-state index in [1.807, 2.05) is 0 Å². The summed E-state index contributed by atoms with van der Waals surface area (Å²) < 4.78 is 39.0. The van der Waals surface area contributed by atoms with Crippen molar-refractivity contribution in [3.8, 4) is 11.1 Å². The number of rotatable bonds is 3. The van der Waals surface area contributed by atoms with Gasteiger partial charge in [-0.25, -0.2) is 0 Å². The van der Waals surface area contributed by atoms with E-state index in [4.69, 9.17) is 0 Å². The third-order valence-electron chi connectivity index (χ3n) is 3.24. The molecule has 0 fully saturated rings. The van der Waals surface area contributed by atoms with Gasteiger partial charge < -0.3 is 0 Å². The number of halogens is 3. The highest BCUT2D eigenvalue weighted by atomic mass is 19.4. The second-order valence-electron chi connectivity index (χ2n) is 5.14. The summed E-state index contributed by atoms with van der Waals surface area (Å²) >= 11 is 0. The number of carbonyl (C=O) groups excluding carboxylic acids is 1. The Hall–Kier alpha value is -2.10. The van der Waals surface area contributed by atoms with Crippen molar-refractivity contribution in [2.45, 2.75) is 20.0 Å². The number of Topliss-reactive ketones (excluding diaryl/α,β-unsaturated/α-hetero) is 1. The summed E-state index contributed by atoms with van der Waals surface area (Å²) in [6, 6.07) is 11.7. The van der Waals surface area contributed by atoms with Gasteiger partial charge in [0.25, 0.3) is 0 Å². The van der Waals surface area contributed by atoms with Gasteiger partial charge in [-0.15, -0.1) is 0 Å². The van der Waals surface area contributed by atoms with Crippen molar-refractivity contribution in [3.63, 3.8) is 0 Å². The highest BCUT2D eigenvalue weighted by Gasteiger charge is 2.33. The summed E-state index contributed by atoms with van der Waals surface area (Å²) in [4.78, 5) is 11.8. The number of hydrogen-bond acceptors (Lipinski definition) is 1. The first-order valence-electron chi connectivity index (χ1n) is 6.61. The number of ketones is 1. The lowest BCUT2D eigenvalue weighted by molar-refractivity contribution is -0.137. The second kappa shape index (κ2) is 5.72. The highest BCUT2D eigenvalue weighted by molar-refractivity contribution is 5.97. The molecule has 0 spiro atoms. The molecular weight excluding hydrogens is 277 g/mol. The minimum atomic E-state index is -4.40. The Labute approximate surface area is 121 Å². The SMILES string of the molecule is CC(C)C(=O)c1ccc(-c2ccccc2C(F)(F)F)cc1. The fourth-order valence-corrected chi connectivity index (χ4v) is 2.13. The Morgan fingerprint density at radius 1 is 0.952 bits per heavy atom. The van der Waals surface area contributed by atoms with Gasteiger partial charge in [-0.2, -0.15) is 13.2 Å². The molecule has 0 aliphatic carbocycles. The smallest absolute Gasteiger partial charge is 0.294 e. The summed E-state index contributed by atoms with van der Waals surface area (Å²) in [6.45, 7) is 3.57. The van der Waals surface area contributed by atoms with E-state index in [0.29, 0.717) is 11.1 Å². The Bertz CT molecular complexity index is 640. The largest absolute Gasteiger partial charge is 0.417 e. The zero-order chi connectivity index (χ0) is 15.6. The summed E-state index contributed by atoms with van der Waals surface area (Å²) in [6.07, 6.45) is -4.40. The number of benzene rings is 2. The molecule has 0 radical (unpaired) electrons. The quantitative estimate of drug-likeness (QED) is 0.710. The molecule has 4 heteroatoms. The van der Waals surface area contributed by atoms with Crippen LogP contribution in [-0.4, -0.2) is 5.78 Å². The van der Waals surface area contributed by atoms with Gasteiger partial charge in [0.2, 0.25) is 0 Å². The van der Waals surface area contributed by atoms with Crippen LogP contribution in [-0.2, 0) is 6.18 Å². The topological polar surface area (TPSA) is 17.1 Å². The molecule has 0 saturated heterocycles. The average Bonchev–Trinajstić information content (AvgIpc) is 2.45. The monoisotopic (exact) mass is 292 g/mol. The van der Waals surface area contributed by atoms with Crippen molar-refractivity contribution in [2.24, 2.45) is 5.92 Å². The molecule has 2 aromatic rings. The molecule has 0 bridgehead atoms. The van der Waals surface area contributed by atoms with Crippen LogP contribution in [0.1, 0.15) is 29.8 Å². The molecule has 0 aromatic heterocycles. The molecule has 0 heterocycles. The van der Waals surface area contributed by atoms with Gasteiger partial charge in [-0.05, 0) is 17.2 Å². The number of alkyl halides is 3. The van der Waals surface area contributed by atoms with Gasteiger partial charge in [0, 0.05) is 11.5 Å². The van der Waals surface area contributed by atoms with Crippen LogP contribution < -0.4 is 0 Å². The summed E-state index contributed by atoms with van der Waals surface area (Å²) in [5.41, 5.74) is 0.406. The maximum absolute atomic E-state index is 13.0. The van der Waals surface area contributed by atoms with Crippen LogP contribution in [0.4, 0.5) is 13.2 Å². The first-order chi connectivity index (χ1) is 9.80. The van der Waals surface area contributed by atoms with Crippen LogP contribution in [0.25, 0.3) is 11.1 Å². The lowest BCUT2D eigenvalue weighted by atomic mass is 9.95. The van der Waals surface area contributed by atoms with E-state index in [2.05, 4.69) is 0 Å². The average molecular weight is 292 g/mol. The van der Waals surface area contributed by atoms with Crippen molar-refractivity contribution >= 4 is 5.78 Å². The van der Waals surface area contributed by atoms with E-state index >= 15 is 0 Å². The molecule has 1 nitrogen and oxygen atoms in total. The molecule has 2 aromatic carbocycles. The highest BCUT2D eigenvalue weighted by Crippen LogP contribution is 2.36. The van der Waals surface area contributed by atoms with Crippen LogP contribution >= 0.6 is 0 Å². The van der Waals surface area contributed by atoms with E-state index in [-0.39, 0.29) is 17.3 Å². The third-order valence-corrected chi connectivity index (χ3v) is 3.24. The number of carbonyl (C=O) groups is 1. The Balaban J connectivity index is 2.43. The first-order valence-corrected chi connectivity index (χ1v) is 6.61. The summed E-state index contributed by atoms with van der Waals surface area (Å²) in [7, 11) is 0. The zero-order valence-electron chi connectivity index (χ0n) is 11.7. The maximum atomic E-state index is 13.0. The van der Waals surface area contributed by atoms with Crippen molar-refractivity contribution < 1.29 is 18.0 Å². The van der Waals surface area contributed by atoms with Crippen LogP contribution in [0.15, 0.2) is 48.5 Å². The van der Waals surface area contributed by atoms with Crippen molar-refractivity contribution in [1.29, 1.82) is 0 Å². The van der Waals surface area contributed by atoms with Crippen LogP contribution in [0.2, 0.25) is 0 Å². The second-order valence-corrected chi connectivity index (χ2v) is 5.14. The molecule has 2 rings (SSSR count). The minimum Gasteiger partial charge on any atom is -0.294 e. The Morgan fingerprint density at radius 2 is 1.52 bits per heavy atom. The molecule has 110 valence electrons. The van der Waals surface area contributed by atoms with Gasteiger partial charge in [0.05, 0.1) is 5.56 Å². The molecule has 0 saturated carbocycles. The predicted molar refractivity (Wildman–Crippen MR) is 76.0 cm³/mol. The standard InChI is InChI=1S/C17H15F3O/c1-11(2)16(21)13-9-7-12(8-10-13)14-5-3-4-6-15(14)17(18,19)20/h3-11H,1-2H3. The molecule has 0 aliphatic rings. The van der Waals surface area contributed by atoms with E-state index in [0.717, 1.165) is 6.07 Å². The van der Waals surface area contributed by atoms with Crippen LogP contribution in [0.5, 0.6) is 0 Å². The van der Waals surface area contributed by atoms with Crippen molar-refractivity contribution in [3.05, 3.63) is 59.7 Å². The summed E-state index contributed by atoms with van der Waals surface area (Å²) in [5, 5.41) is 0.